The predicted molar refractivity (Wildman–Crippen MR) is 50.8 cm³/mol. The molecule has 0 bridgehead atoms. The van der Waals surface area contributed by atoms with Crippen molar-refractivity contribution in [3.63, 3.8) is 0 Å². The number of fused-ring (bicyclic) bond motifs is 1. The maximum atomic E-state index is 11.2. The normalized spacial score (nSPS) is 15.2. The summed E-state index contributed by atoms with van der Waals surface area (Å²) in [6.07, 6.45) is 1.64. The highest BCUT2D eigenvalue weighted by atomic mass is 79.9. The van der Waals surface area contributed by atoms with Gasteiger partial charge in [0.15, 0.2) is 18.2 Å². The highest BCUT2D eigenvalue weighted by Crippen LogP contribution is 2.30. The minimum Gasteiger partial charge on any atom is -0.480 e. The van der Waals surface area contributed by atoms with Crippen molar-refractivity contribution in [2.75, 3.05) is 18.6 Å². The number of halogens is 1. The molecule has 5 heteroatoms. The van der Waals surface area contributed by atoms with Crippen LogP contribution in [0.25, 0.3) is 0 Å². The van der Waals surface area contributed by atoms with E-state index in [1.54, 1.807) is 19.3 Å². The molecule has 0 fully saturated rings. The SMILES string of the molecule is CN1C(=O)COc2cc(Br)cnc21. The topological polar surface area (TPSA) is 42.4 Å². The molecule has 0 saturated carbocycles. The van der Waals surface area contributed by atoms with Gasteiger partial charge >= 0.3 is 0 Å². The van der Waals surface area contributed by atoms with Crippen LogP contribution in [0, 0.1) is 0 Å². The first-order valence-corrected chi connectivity index (χ1v) is 4.52. The summed E-state index contributed by atoms with van der Waals surface area (Å²) in [6.45, 7) is 0.0850. The van der Waals surface area contributed by atoms with Crippen LogP contribution in [0.2, 0.25) is 0 Å². The van der Waals surface area contributed by atoms with E-state index in [-0.39, 0.29) is 12.5 Å². The standard InChI is InChI=1S/C8H7BrN2O2/c1-11-7(12)4-13-6-2-5(9)3-10-8(6)11/h2-3H,4H2,1H3. The van der Waals surface area contributed by atoms with E-state index in [1.807, 2.05) is 0 Å². The molecule has 1 aliphatic rings. The van der Waals surface area contributed by atoms with Crippen molar-refractivity contribution in [1.29, 1.82) is 0 Å². The van der Waals surface area contributed by atoms with Crippen molar-refractivity contribution in [3.8, 4) is 5.75 Å². The Labute approximate surface area is 83.6 Å². The number of carbonyl (C=O) groups excluding carboxylic acids is 1. The van der Waals surface area contributed by atoms with E-state index in [0.717, 1.165) is 4.47 Å². The Morgan fingerprint density at radius 2 is 2.46 bits per heavy atom. The second-order valence-corrected chi connectivity index (χ2v) is 3.63. The van der Waals surface area contributed by atoms with Gasteiger partial charge in [-0.15, -0.1) is 0 Å². The Balaban J connectivity index is 2.49. The minimum absolute atomic E-state index is 0.0812. The highest BCUT2D eigenvalue weighted by molar-refractivity contribution is 9.10. The number of nitrogens with zero attached hydrogens (tertiary/aromatic N) is 2. The van der Waals surface area contributed by atoms with Gasteiger partial charge < -0.3 is 4.74 Å². The van der Waals surface area contributed by atoms with Crippen LogP contribution < -0.4 is 9.64 Å². The number of rotatable bonds is 0. The predicted octanol–water partition coefficient (Wildman–Crippen LogP) is 1.20. The van der Waals surface area contributed by atoms with Crippen LogP contribution in [0.5, 0.6) is 5.75 Å². The van der Waals surface area contributed by atoms with Crippen LogP contribution in [0.1, 0.15) is 0 Å². The maximum absolute atomic E-state index is 11.2. The summed E-state index contributed by atoms with van der Waals surface area (Å²) in [5, 5.41) is 0. The summed E-state index contributed by atoms with van der Waals surface area (Å²) in [5.74, 6) is 1.12. The van der Waals surface area contributed by atoms with Crippen molar-refractivity contribution in [2.24, 2.45) is 0 Å². The summed E-state index contributed by atoms with van der Waals surface area (Å²) in [7, 11) is 1.69. The van der Waals surface area contributed by atoms with Gasteiger partial charge in [0, 0.05) is 17.7 Å². The van der Waals surface area contributed by atoms with E-state index in [2.05, 4.69) is 20.9 Å². The van der Waals surface area contributed by atoms with Gasteiger partial charge in [0.2, 0.25) is 0 Å². The summed E-state index contributed by atoms with van der Waals surface area (Å²) >= 11 is 3.28. The zero-order valence-electron chi connectivity index (χ0n) is 6.95. The Morgan fingerprint density at radius 1 is 1.69 bits per heavy atom. The molecule has 68 valence electrons. The third-order valence-electron chi connectivity index (χ3n) is 1.84. The summed E-state index contributed by atoms with van der Waals surface area (Å²) < 4.78 is 6.04. The van der Waals surface area contributed by atoms with Crippen LogP contribution in [0.4, 0.5) is 5.82 Å². The molecular formula is C8H7BrN2O2. The van der Waals surface area contributed by atoms with E-state index in [1.165, 1.54) is 4.90 Å². The van der Waals surface area contributed by atoms with Gasteiger partial charge in [0.1, 0.15) is 0 Å². The average Bonchev–Trinajstić information content (AvgIpc) is 2.12. The number of ether oxygens (including phenoxy) is 1. The number of anilines is 1. The van der Waals surface area contributed by atoms with Crippen molar-refractivity contribution in [3.05, 3.63) is 16.7 Å². The zero-order valence-corrected chi connectivity index (χ0v) is 8.54. The molecule has 1 aromatic rings. The van der Waals surface area contributed by atoms with Crippen LogP contribution in [0.3, 0.4) is 0 Å². The Bertz CT molecular complexity index is 367. The molecular weight excluding hydrogens is 236 g/mol. The average molecular weight is 243 g/mol. The number of pyridine rings is 1. The van der Waals surface area contributed by atoms with Gasteiger partial charge in [-0.1, -0.05) is 0 Å². The maximum Gasteiger partial charge on any atom is 0.265 e. The molecule has 0 radical (unpaired) electrons. The van der Waals surface area contributed by atoms with E-state index in [0.29, 0.717) is 11.6 Å². The minimum atomic E-state index is -0.0812. The lowest BCUT2D eigenvalue weighted by molar-refractivity contribution is -0.121. The van der Waals surface area contributed by atoms with Crippen LogP contribution >= 0.6 is 15.9 Å². The van der Waals surface area contributed by atoms with Crippen LogP contribution in [0.15, 0.2) is 16.7 Å². The van der Waals surface area contributed by atoms with E-state index in [4.69, 9.17) is 4.74 Å². The zero-order chi connectivity index (χ0) is 9.42. The third-order valence-corrected chi connectivity index (χ3v) is 2.28. The monoisotopic (exact) mass is 242 g/mol. The molecule has 0 atom stereocenters. The van der Waals surface area contributed by atoms with Gasteiger partial charge in [0.25, 0.3) is 5.91 Å². The largest absolute Gasteiger partial charge is 0.480 e. The molecule has 1 aliphatic heterocycles. The molecule has 1 amide bonds. The lowest BCUT2D eigenvalue weighted by Gasteiger charge is -2.24. The number of carbonyl (C=O) groups is 1. The first-order valence-electron chi connectivity index (χ1n) is 3.73. The molecule has 4 nitrogen and oxygen atoms in total. The molecule has 2 rings (SSSR count). The fourth-order valence-corrected chi connectivity index (χ4v) is 1.44. The number of likely N-dealkylation sites (N-methyl/N-ethyl adjacent to an activating group) is 1. The van der Waals surface area contributed by atoms with Gasteiger partial charge in [-0.3, -0.25) is 9.69 Å². The summed E-state index contributed by atoms with van der Waals surface area (Å²) in [6, 6.07) is 1.80. The fourth-order valence-electron chi connectivity index (χ4n) is 1.13. The second-order valence-electron chi connectivity index (χ2n) is 2.72. The Hall–Kier alpha value is -1.10. The van der Waals surface area contributed by atoms with Gasteiger partial charge in [-0.05, 0) is 22.0 Å². The fraction of sp³-hybridized carbons (Fsp3) is 0.250. The van der Waals surface area contributed by atoms with Crippen LogP contribution in [-0.4, -0.2) is 24.5 Å². The summed E-state index contributed by atoms with van der Waals surface area (Å²) in [5.41, 5.74) is 0. The first kappa shape index (κ1) is 8.50. The summed E-state index contributed by atoms with van der Waals surface area (Å²) in [4.78, 5) is 16.8. The van der Waals surface area contributed by atoms with Gasteiger partial charge in [-0.2, -0.15) is 0 Å². The van der Waals surface area contributed by atoms with E-state index < -0.39 is 0 Å². The van der Waals surface area contributed by atoms with Crippen molar-refractivity contribution in [2.45, 2.75) is 0 Å². The van der Waals surface area contributed by atoms with Gasteiger partial charge in [-0.25, -0.2) is 4.98 Å². The molecule has 1 aromatic heterocycles. The molecule has 0 aliphatic carbocycles. The van der Waals surface area contributed by atoms with Crippen molar-refractivity contribution >= 4 is 27.7 Å². The van der Waals surface area contributed by atoms with Crippen molar-refractivity contribution < 1.29 is 9.53 Å². The number of hydrogen-bond donors (Lipinski definition) is 0. The molecule has 0 aromatic carbocycles. The smallest absolute Gasteiger partial charge is 0.265 e. The molecule has 0 spiro atoms. The number of hydrogen-bond acceptors (Lipinski definition) is 3. The highest BCUT2D eigenvalue weighted by Gasteiger charge is 2.23. The number of amides is 1. The van der Waals surface area contributed by atoms with E-state index >= 15 is 0 Å². The van der Waals surface area contributed by atoms with Crippen LogP contribution in [-0.2, 0) is 4.79 Å². The molecule has 0 unspecified atom stereocenters. The van der Waals surface area contributed by atoms with Gasteiger partial charge in [0.05, 0.1) is 0 Å². The van der Waals surface area contributed by atoms with E-state index in [9.17, 15) is 4.79 Å². The lowest BCUT2D eigenvalue weighted by atomic mass is 10.3. The lowest BCUT2D eigenvalue weighted by Crippen LogP contribution is -2.36. The molecule has 2 heterocycles. The Morgan fingerprint density at radius 3 is 3.23 bits per heavy atom. The number of aromatic nitrogens is 1. The first-order chi connectivity index (χ1) is 6.18. The Kier molecular flexibility index (Phi) is 1.95. The molecule has 0 N–H and O–H groups in total. The molecule has 13 heavy (non-hydrogen) atoms. The van der Waals surface area contributed by atoms with Crippen molar-refractivity contribution in [1.82, 2.24) is 4.98 Å². The third kappa shape index (κ3) is 1.39. The molecule has 0 saturated heterocycles. The quantitative estimate of drug-likeness (QED) is 0.687. The second kappa shape index (κ2) is 2.99.